The van der Waals surface area contributed by atoms with Crippen LogP contribution in [0.3, 0.4) is 0 Å². The van der Waals surface area contributed by atoms with Gasteiger partial charge in [0, 0.05) is 38.6 Å². The molecule has 0 aliphatic carbocycles. The van der Waals surface area contributed by atoms with Crippen molar-refractivity contribution in [2.75, 3.05) is 6.54 Å². The molecule has 6 heteroatoms. The van der Waals surface area contributed by atoms with Crippen LogP contribution in [0.1, 0.15) is 55.7 Å². The van der Waals surface area contributed by atoms with Gasteiger partial charge in [-0.1, -0.05) is 13.8 Å². The molecule has 1 aliphatic heterocycles. The average molecular weight is 343 g/mol. The number of aryl methyl sites for hydroxylation is 2. The number of nitrogens with zero attached hydrogens (tertiary/aromatic N) is 5. The molecule has 0 saturated carbocycles. The number of aromatic nitrogens is 4. The summed E-state index contributed by atoms with van der Waals surface area (Å²) < 4.78 is 3.84. The van der Waals surface area contributed by atoms with E-state index in [0.29, 0.717) is 17.7 Å². The highest BCUT2D eigenvalue weighted by Gasteiger charge is 2.29. The van der Waals surface area contributed by atoms with Crippen LogP contribution in [0.2, 0.25) is 0 Å². The number of likely N-dealkylation sites (tertiary alicyclic amines) is 1. The molecule has 3 heterocycles. The Morgan fingerprint density at radius 3 is 2.92 bits per heavy atom. The lowest BCUT2D eigenvalue weighted by Gasteiger charge is -2.36. The van der Waals surface area contributed by atoms with Crippen molar-refractivity contribution in [1.82, 2.24) is 24.2 Å². The van der Waals surface area contributed by atoms with Crippen LogP contribution in [0.15, 0.2) is 24.8 Å². The largest absolute Gasteiger partial charge is 0.337 e. The molecular weight excluding hydrogens is 314 g/mol. The molecule has 1 amide bonds. The van der Waals surface area contributed by atoms with Gasteiger partial charge in [-0.3, -0.25) is 9.48 Å². The molecule has 2 aromatic heterocycles. The quantitative estimate of drug-likeness (QED) is 0.810. The molecule has 0 bridgehead atoms. The van der Waals surface area contributed by atoms with Gasteiger partial charge in [-0.05, 0) is 44.1 Å². The number of carbonyl (C=O) groups is 1. The van der Waals surface area contributed by atoms with Gasteiger partial charge in [0.05, 0.1) is 12.0 Å². The van der Waals surface area contributed by atoms with Crippen LogP contribution >= 0.6 is 0 Å². The highest BCUT2D eigenvalue weighted by molar-refractivity contribution is 5.93. The molecule has 0 aromatic carbocycles. The van der Waals surface area contributed by atoms with Crippen LogP contribution in [0, 0.1) is 5.92 Å². The van der Waals surface area contributed by atoms with E-state index in [4.69, 9.17) is 0 Å². The Morgan fingerprint density at radius 1 is 1.36 bits per heavy atom. The maximum Gasteiger partial charge on any atom is 0.272 e. The van der Waals surface area contributed by atoms with E-state index < -0.39 is 0 Å². The molecular formula is C19H29N5O. The third kappa shape index (κ3) is 4.30. The number of carbonyl (C=O) groups excluding carboxylic acids is 1. The van der Waals surface area contributed by atoms with E-state index in [0.717, 1.165) is 44.5 Å². The second-order valence-corrected chi connectivity index (χ2v) is 7.48. The Kier molecular flexibility index (Phi) is 5.56. The molecule has 0 unspecified atom stereocenters. The van der Waals surface area contributed by atoms with Crippen LogP contribution in [-0.4, -0.2) is 42.7 Å². The molecule has 2 aromatic rings. The van der Waals surface area contributed by atoms with Crippen molar-refractivity contribution in [2.45, 2.75) is 58.5 Å². The van der Waals surface area contributed by atoms with Crippen LogP contribution in [0.25, 0.3) is 0 Å². The predicted molar refractivity (Wildman–Crippen MR) is 97.3 cm³/mol. The number of rotatable bonds is 6. The summed E-state index contributed by atoms with van der Waals surface area (Å²) in [5.74, 6) is 0.663. The maximum atomic E-state index is 13.1. The standard InChI is InChI=1S/C19H29N5O/c1-15(2)12-16-13-18(22(3)21-16)19(25)24-9-5-4-6-17(24)7-10-23-11-8-20-14-23/h8,11,13-15,17H,4-7,9-10,12H2,1-3H3/t17-/m0/s1. The molecule has 136 valence electrons. The number of piperidine rings is 1. The molecule has 1 aliphatic rings. The Morgan fingerprint density at radius 2 is 2.20 bits per heavy atom. The van der Waals surface area contributed by atoms with Crippen molar-refractivity contribution < 1.29 is 4.79 Å². The molecule has 0 spiro atoms. The Balaban J connectivity index is 1.70. The fourth-order valence-corrected chi connectivity index (χ4v) is 3.68. The normalized spacial score (nSPS) is 18.1. The predicted octanol–water partition coefficient (Wildman–Crippen LogP) is 2.90. The van der Waals surface area contributed by atoms with Crippen molar-refractivity contribution in [3.05, 3.63) is 36.2 Å². The number of imidazole rings is 1. The summed E-state index contributed by atoms with van der Waals surface area (Å²) in [7, 11) is 1.88. The number of amides is 1. The van der Waals surface area contributed by atoms with Gasteiger partial charge in [0.1, 0.15) is 5.69 Å². The minimum Gasteiger partial charge on any atom is -0.337 e. The zero-order valence-corrected chi connectivity index (χ0v) is 15.6. The van der Waals surface area contributed by atoms with E-state index in [9.17, 15) is 4.79 Å². The number of hydrogen-bond donors (Lipinski definition) is 0. The molecule has 0 N–H and O–H groups in total. The minimum absolute atomic E-state index is 0.125. The smallest absolute Gasteiger partial charge is 0.272 e. The first kappa shape index (κ1) is 17.7. The van der Waals surface area contributed by atoms with E-state index in [1.54, 1.807) is 10.9 Å². The minimum atomic E-state index is 0.125. The summed E-state index contributed by atoms with van der Waals surface area (Å²) in [5, 5.41) is 4.54. The lowest BCUT2D eigenvalue weighted by molar-refractivity contribution is 0.0584. The summed E-state index contributed by atoms with van der Waals surface area (Å²) in [5.41, 5.74) is 1.72. The van der Waals surface area contributed by atoms with Crippen molar-refractivity contribution in [2.24, 2.45) is 13.0 Å². The van der Waals surface area contributed by atoms with Crippen molar-refractivity contribution in [1.29, 1.82) is 0 Å². The van der Waals surface area contributed by atoms with Gasteiger partial charge in [0.15, 0.2) is 0 Å². The monoisotopic (exact) mass is 343 g/mol. The molecule has 3 rings (SSSR count). The molecule has 1 fully saturated rings. The Labute approximate surface area is 149 Å². The number of hydrogen-bond acceptors (Lipinski definition) is 3. The van der Waals surface area contributed by atoms with Crippen molar-refractivity contribution in [3.63, 3.8) is 0 Å². The van der Waals surface area contributed by atoms with E-state index in [1.165, 1.54) is 6.42 Å². The van der Waals surface area contributed by atoms with Gasteiger partial charge in [-0.2, -0.15) is 5.10 Å². The lowest BCUT2D eigenvalue weighted by atomic mass is 9.98. The summed E-state index contributed by atoms with van der Waals surface area (Å²) in [6.07, 6.45) is 10.9. The third-order valence-electron chi connectivity index (χ3n) is 4.93. The molecule has 25 heavy (non-hydrogen) atoms. The first-order chi connectivity index (χ1) is 12.0. The second-order valence-electron chi connectivity index (χ2n) is 7.48. The molecule has 6 nitrogen and oxygen atoms in total. The van der Waals surface area contributed by atoms with Gasteiger partial charge in [0.2, 0.25) is 0 Å². The topological polar surface area (TPSA) is 56.0 Å². The summed E-state index contributed by atoms with van der Waals surface area (Å²) >= 11 is 0. The molecule has 1 atom stereocenters. The first-order valence-corrected chi connectivity index (χ1v) is 9.34. The van der Waals surface area contributed by atoms with Gasteiger partial charge in [0.25, 0.3) is 5.91 Å². The Hall–Kier alpha value is -2.11. The van der Waals surface area contributed by atoms with Crippen molar-refractivity contribution in [3.8, 4) is 0 Å². The molecule has 1 saturated heterocycles. The highest BCUT2D eigenvalue weighted by atomic mass is 16.2. The fourth-order valence-electron chi connectivity index (χ4n) is 3.68. The van der Waals surface area contributed by atoms with E-state index in [2.05, 4.69) is 33.4 Å². The Bertz CT molecular complexity index is 689. The van der Waals surface area contributed by atoms with Crippen LogP contribution in [-0.2, 0) is 20.0 Å². The van der Waals surface area contributed by atoms with Gasteiger partial charge >= 0.3 is 0 Å². The SMILES string of the molecule is CC(C)Cc1cc(C(=O)N2CCCC[C@H]2CCn2ccnc2)n(C)n1. The maximum absolute atomic E-state index is 13.1. The van der Waals surface area contributed by atoms with Gasteiger partial charge in [-0.25, -0.2) is 4.98 Å². The average Bonchev–Trinajstić information content (AvgIpc) is 3.21. The van der Waals surface area contributed by atoms with E-state index >= 15 is 0 Å². The summed E-state index contributed by atoms with van der Waals surface area (Å²) in [4.78, 5) is 19.3. The third-order valence-corrected chi connectivity index (χ3v) is 4.93. The fraction of sp³-hybridized carbons (Fsp3) is 0.632. The highest BCUT2D eigenvalue weighted by Crippen LogP contribution is 2.23. The van der Waals surface area contributed by atoms with Crippen LogP contribution in [0.4, 0.5) is 0 Å². The summed E-state index contributed by atoms with van der Waals surface area (Å²) in [6.45, 7) is 6.09. The van der Waals surface area contributed by atoms with Crippen LogP contribution in [0.5, 0.6) is 0 Å². The van der Waals surface area contributed by atoms with Crippen LogP contribution < -0.4 is 0 Å². The van der Waals surface area contributed by atoms with E-state index in [-0.39, 0.29) is 5.91 Å². The summed E-state index contributed by atoms with van der Waals surface area (Å²) in [6, 6.07) is 2.27. The van der Waals surface area contributed by atoms with Gasteiger partial charge < -0.3 is 9.47 Å². The zero-order chi connectivity index (χ0) is 17.8. The van der Waals surface area contributed by atoms with E-state index in [1.807, 2.05) is 25.6 Å². The first-order valence-electron chi connectivity index (χ1n) is 9.34. The van der Waals surface area contributed by atoms with Gasteiger partial charge in [-0.15, -0.1) is 0 Å². The second kappa shape index (κ2) is 7.85. The molecule has 0 radical (unpaired) electrons. The van der Waals surface area contributed by atoms with Crippen molar-refractivity contribution >= 4 is 5.91 Å². The lowest BCUT2D eigenvalue weighted by Crippen LogP contribution is -2.44. The zero-order valence-electron chi connectivity index (χ0n) is 15.6.